The van der Waals surface area contributed by atoms with E-state index in [9.17, 15) is 9.59 Å². The average molecular weight is 302 g/mol. The minimum absolute atomic E-state index is 0.0948. The number of hydrogen-bond donors (Lipinski definition) is 2. The highest BCUT2D eigenvalue weighted by Gasteiger charge is 2.29. The standard InChI is InChI=1S/C16H18N2O4/c19-14(20)10-18(12-5-8-22-9-6-12)16(21)13-3-1-2-11-4-7-17-15(11)13/h1-4,7,12,17H,5-6,8-10H2,(H,19,20). The number of hydrogen-bond acceptors (Lipinski definition) is 3. The van der Waals surface area contributed by atoms with Gasteiger partial charge in [-0.05, 0) is 25.0 Å². The molecule has 2 heterocycles. The van der Waals surface area contributed by atoms with E-state index in [0.717, 1.165) is 10.9 Å². The summed E-state index contributed by atoms with van der Waals surface area (Å²) in [7, 11) is 0. The molecule has 0 saturated carbocycles. The minimum atomic E-state index is -1.00. The summed E-state index contributed by atoms with van der Waals surface area (Å²) in [6.45, 7) is 0.822. The molecule has 0 unspecified atom stereocenters. The highest BCUT2D eigenvalue weighted by molar-refractivity contribution is 6.06. The van der Waals surface area contributed by atoms with E-state index in [1.54, 1.807) is 12.3 Å². The van der Waals surface area contributed by atoms with Gasteiger partial charge in [-0.25, -0.2) is 0 Å². The van der Waals surface area contributed by atoms with Gasteiger partial charge < -0.3 is 19.7 Å². The number of H-pyrrole nitrogens is 1. The number of aromatic nitrogens is 1. The normalized spacial score (nSPS) is 15.8. The molecule has 6 heteroatoms. The van der Waals surface area contributed by atoms with Crippen molar-refractivity contribution in [2.75, 3.05) is 19.8 Å². The van der Waals surface area contributed by atoms with Gasteiger partial charge in [0.1, 0.15) is 6.54 Å². The van der Waals surface area contributed by atoms with Crippen LogP contribution in [0.1, 0.15) is 23.2 Å². The first kappa shape index (κ1) is 14.6. The monoisotopic (exact) mass is 302 g/mol. The third-order valence-corrected chi connectivity index (χ3v) is 4.02. The van der Waals surface area contributed by atoms with Crippen LogP contribution in [0.3, 0.4) is 0 Å². The summed E-state index contributed by atoms with van der Waals surface area (Å²) < 4.78 is 5.31. The fraction of sp³-hybridized carbons (Fsp3) is 0.375. The zero-order valence-electron chi connectivity index (χ0n) is 12.1. The molecule has 1 saturated heterocycles. The van der Waals surface area contributed by atoms with Crippen LogP contribution < -0.4 is 0 Å². The number of fused-ring (bicyclic) bond motifs is 1. The molecule has 22 heavy (non-hydrogen) atoms. The number of nitrogens with zero attached hydrogens (tertiary/aromatic N) is 1. The number of benzene rings is 1. The number of rotatable bonds is 4. The molecule has 0 atom stereocenters. The highest BCUT2D eigenvalue weighted by atomic mass is 16.5. The average Bonchev–Trinajstić information content (AvgIpc) is 3.01. The van der Waals surface area contributed by atoms with Crippen LogP contribution >= 0.6 is 0 Å². The Morgan fingerprint density at radius 2 is 2.05 bits per heavy atom. The zero-order valence-corrected chi connectivity index (χ0v) is 12.1. The van der Waals surface area contributed by atoms with Gasteiger partial charge in [-0.3, -0.25) is 9.59 Å². The molecule has 6 nitrogen and oxygen atoms in total. The topological polar surface area (TPSA) is 82.6 Å². The number of aliphatic carboxylic acids is 1. The summed E-state index contributed by atoms with van der Waals surface area (Å²) in [5.41, 5.74) is 1.25. The molecule has 1 amide bonds. The lowest BCUT2D eigenvalue weighted by Gasteiger charge is -2.33. The van der Waals surface area contributed by atoms with Crippen molar-refractivity contribution < 1.29 is 19.4 Å². The van der Waals surface area contributed by atoms with Crippen molar-refractivity contribution in [2.24, 2.45) is 0 Å². The quantitative estimate of drug-likeness (QED) is 0.903. The SMILES string of the molecule is O=C(O)CN(C(=O)c1cccc2cc[nH]c12)C1CCOCC1. The van der Waals surface area contributed by atoms with Gasteiger partial charge in [-0.15, -0.1) is 0 Å². The molecule has 1 aliphatic heterocycles. The smallest absolute Gasteiger partial charge is 0.323 e. The van der Waals surface area contributed by atoms with Crippen LogP contribution in [0.4, 0.5) is 0 Å². The Labute approximate surface area is 127 Å². The molecule has 2 aromatic rings. The number of amides is 1. The van der Waals surface area contributed by atoms with Gasteiger partial charge in [0, 0.05) is 30.8 Å². The van der Waals surface area contributed by atoms with Crippen LogP contribution in [0, 0.1) is 0 Å². The summed E-state index contributed by atoms with van der Waals surface area (Å²) in [6, 6.07) is 7.25. The Kier molecular flexibility index (Phi) is 4.11. The third-order valence-electron chi connectivity index (χ3n) is 4.02. The zero-order chi connectivity index (χ0) is 15.5. The van der Waals surface area contributed by atoms with E-state index in [0.29, 0.717) is 31.6 Å². The van der Waals surface area contributed by atoms with E-state index in [-0.39, 0.29) is 18.5 Å². The maximum absolute atomic E-state index is 12.9. The van der Waals surface area contributed by atoms with E-state index in [2.05, 4.69) is 4.98 Å². The van der Waals surface area contributed by atoms with E-state index in [1.807, 2.05) is 18.2 Å². The van der Waals surface area contributed by atoms with Gasteiger partial charge in [0.05, 0.1) is 11.1 Å². The summed E-state index contributed by atoms with van der Waals surface area (Å²) in [5.74, 6) is -1.25. The predicted molar refractivity (Wildman–Crippen MR) is 80.8 cm³/mol. The van der Waals surface area contributed by atoms with Gasteiger partial charge in [-0.1, -0.05) is 12.1 Å². The van der Waals surface area contributed by atoms with E-state index in [4.69, 9.17) is 9.84 Å². The molecule has 2 N–H and O–H groups in total. The fourth-order valence-electron chi connectivity index (χ4n) is 2.93. The number of para-hydroxylation sites is 1. The second-order valence-electron chi connectivity index (χ2n) is 5.42. The largest absolute Gasteiger partial charge is 0.480 e. The Morgan fingerprint density at radius 3 is 2.77 bits per heavy atom. The van der Waals surface area contributed by atoms with Crippen molar-refractivity contribution in [2.45, 2.75) is 18.9 Å². The number of ether oxygens (including phenoxy) is 1. The Balaban J connectivity index is 1.94. The number of carboxylic acids is 1. The molecule has 0 bridgehead atoms. The van der Waals surface area contributed by atoms with Gasteiger partial charge in [0.15, 0.2) is 0 Å². The maximum Gasteiger partial charge on any atom is 0.323 e. The van der Waals surface area contributed by atoms with Crippen LogP contribution in [0.2, 0.25) is 0 Å². The Bertz CT molecular complexity index is 688. The molecule has 1 aromatic carbocycles. The lowest BCUT2D eigenvalue weighted by molar-refractivity contribution is -0.138. The van der Waals surface area contributed by atoms with Gasteiger partial charge in [0.2, 0.25) is 0 Å². The fourth-order valence-corrected chi connectivity index (χ4v) is 2.93. The lowest BCUT2D eigenvalue weighted by Crippen LogP contribution is -2.46. The van der Waals surface area contributed by atoms with Crippen LogP contribution in [-0.2, 0) is 9.53 Å². The van der Waals surface area contributed by atoms with Crippen molar-refractivity contribution >= 4 is 22.8 Å². The molecule has 1 aromatic heterocycles. The van der Waals surface area contributed by atoms with Crippen molar-refractivity contribution in [3.05, 3.63) is 36.0 Å². The molecule has 3 rings (SSSR count). The maximum atomic E-state index is 12.9. The van der Waals surface area contributed by atoms with Crippen molar-refractivity contribution in [3.8, 4) is 0 Å². The van der Waals surface area contributed by atoms with Crippen molar-refractivity contribution in [3.63, 3.8) is 0 Å². The van der Waals surface area contributed by atoms with Gasteiger partial charge >= 0.3 is 5.97 Å². The third kappa shape index (κ3) is 2.82. The summed E-state index contributed by atoms with van der Waals surface area (Å²) in [6.07, 6.45) is 3.11. The van der Waals surface area contributed by atoms with E-state index < -0.39 is 5.97 Å². The number of nitrogens with one attached hydrogen (secondary N) is 1. The van der Waals surface area contributed by atoms with Crippen molar-refractivity contribution in [1.29, 1.82) is 0 Å². The van der Waals surface area contributed by atoms with E-state index in [1.165, 1.54) is 4.90 Å². The molecule has 116 valence electrons. The Hall–Kier alpha value is -2.34. The summed E-state index contributed by atoms with van der Waals surface area (Å²) in [5, 5.41) is 10.1. The number of carboxylic acid groups (broad SMARTS) is 1. The molecule has 0 spiro atoms. The second-order valence-corrected chi connectivity index (χ2v) is 5.42. The molecule has 1 aliphatic rings. The lowest BCUT2D eigenvalue weighted by atomic mass is 10.0. The number of carbonyl (C=O) groups is 2. The molecular weight excluding hydrogens is 284 g/mol. The van der Waals surface area contributed by atoms with E-state index >= 15 is 0 Å². The first-order valence-corrected chi connectivity index (χ1v) is 7.33. The first-order chi connectivity index (χ1) is 10.7. The number of carbonyl (C=O) groups excluding carboxylic acids is 1. The summed E-state index contributed by atoms with van der Waals surface area (Å²) in [4.78, 5) is 28.6. The Morgan fingerprint density at radius 1 is 1.27 bits per heavy atom. The van der Waals surface area contributed by atoms with Crippen LogP contribution in [0.25, 0.3) is 10.9 Å². The highest BCUT2D eigenvalue weighted by Crippen LogP contribution is 2.22. The second kappa shape index (κ2) is 6.19. The molecule has 0 aliphatic carbocycles. The first-order valence-electron chi connectivity index (χ1n) is 7.33. The summed E-state index contributed by atoms with van der Waals surface area (Å²) >= 11 is 0. The van der Waals surface area contributed by atoms with Crippen LogP contribution in [-0.4, -0.2) is 52.7 Å². The van der Waals surface area contributed by atoms with Crippen LogP contribution in [0.5, 0.6) is 0 Å². The van der Waals surface area contributed by atoms with Crippen molar-refractivity contribution in [1.82, 2.24) is 9.88 Å². The molecule has 1 fully saturated rings. The van der Waals surface area contributed by atoms with Gasteiger partial charge in [-0.2, -0.15) is 0 Å². The molecule has 0 radical (unpaired) electrons. The molecular formula is C16H18N2O4. The minimum Gasteiger partial charge on any atom is -0.480 e. The number of aromatic amines is 1. The van der Waals surface area contributed by atoms with Crippen LogP contribution in [0.15, 0.2) is 30.5 Å². The van der Waals surface area contributed by atoms with Gasteiger partial charge in [0.25, 0.3) is 5.91 Å². The predicted octanol–water partition coefficient (Wildman–Crippen LogP) is 1.87.